The number of nitrogens with one attached hydrogen (secondary N) is 2. The molecule has 0 bridgehead atoms. The lowest BCUT2D eigenvalue weighted by atomic mass is 10.2. The third kappa shape index (κ3) is 5.72. The van der Waals surface area contributed by atoms with Crippen molar-refractivity contribution in [2.24, 2.45) is 5.73 Å². The van der Waals surface area contributed by atoms with Crippen molar-refractivity contribution in [2.45, 2.75) is 12.9 Å². The SMILES string of the molecule is NC(=O)c1nn(CC(=O)NCC(=O)Nc2cccc(OC(F)(F)F)c2)c2ccccc12. The van der Waals surface area contributed by atoms with Crippen molar-refractivity contribution >= 4 is 34.3 Å². The molecule has 0 unspecified atom stereocenters. The number of nitrogens with zero attached hydrogens (tertiary/aromatic N) is 2. The van der Waals surface area contributed by atoms with E-state index in [2.05, 4.69) is 20.5 Å². The Hall–Kier alpha value is -4.09. The van der Waals surface area contributed by atoms with Gasteiger partial charge in [0, 0.05) is 17.1 Å². The Labute approximate surface area is 173 Å². The number of nitrogens with two attached hydrogens (primary N) is 1. The number of hydrogen-bond acceptors (Lipinski definition) is 5. The van der Waals surface area contributed by atoms with Crippen LogP contribution in [-0.4, -0.2) is 40.4 Å². The molecule has 3 rings (SSSR count). The number of alkyl halides is 3. The largest absolute Gasteiger partial charge is 0.573 e. The number of hydrogen-bond donors (Lipinski definition) is 3. The molecule has 0 saturated carbocycles. The molecular weight excluding hydrogens is 419 g/mol. The first-order valence-electron chi connectivity index (χ1n) is 8.80. The van der Waals surface area contributed by atoms with Gasteiger partial charge in [0.1, 0.15) is 12.3 Å². The molecule has 0 fully saturated rings. The number of anilines is 1. The second-order valence-corrected chi connectivity index (χ2v) is 6.29. The number of carbonyl (C=O) groups excluding carboxylic acids is 3. The van der Waals surface area contributed by atoms with Crippen LogP contribution in [-0.2, 0) is 16.1 Å². The summed E-state index contributed by atoms with van der Waals surface area (Å²) < 4.78 is 41.9. The second-order valence-electron chi connectivity index (χ2n) is 6.29. The number of carbonyl (C=O) groups is 3. The molecule has 3 aromatic rings. The third-order valence-electron chi connectivity index (χ3n) is 3.98. The van der Waals surface area contributed by atoms with Crippen LogP contribution in [0.2, 0.25) is 0 Å². The second kappa shape index (κ2) is 8.73. The van der Waals surface area contributed by atoms with Gasteiger partial charge in [0.25, 0.3) is 5.91 Å². The van der Waals surface area contributed by atoms with Gasteiger partial charge in [-0.15, -0.1) is 13.2 Å². The Bertz CT molecular complexity index is 1140. The van der Waals surface area contributed by atoms with Crippen molar-refractivity contribution < 1.29 is 32.3 Å². The molecule has 0 aliphatic rings. The zero-order valence-electron chi connectivity index (χ0n) is 15.8. The molecule has 0 aliphatic carbocycles. The highest BCUT2D eigenvalue weighted by molar-refractivity contribution is 6.04. The molecule has 0 aliphatic heterocycles. The van der Waals surface area contributed by atoms with Crippen LogP contribution in [0.25, 0.3) is 10.9 Å². The molecule has 0 radical (unpaired) electrons. The summed E-state index contributed by atoms with van der Waals surface area (Å²) in [5.74, 6) is -2.48. The normalized spacial score (nSPS) is 11.2. The fourth-order valence-corrected chi connectivity index (χ4v) is 2.78. The minimum Gasteiger partial charge on any atom is -0.406 e. The molecule has 1 heterocycles. The van der Waals surface area contributed by atoms with Crippen LogP contribution in [0.15, 0.2) is 48.5 Å². The van der Waals surface area contributed by atoms with E-state index in [1.807, 2.05) is 0 Å². The quantitative estimate of drug-likeness (QED) is 0.521. The summed E-state index contributed by atoms with van der Waals surface area (Å²) in [7, 11) is 0. The van der Waals surface area contributed by atoms with Gasteiger partial charge in [0.05, 0.1) is 12.1 Å². The molecule has 1 aromatic heterocycles. The highest BCUT2D eigenvalue weighted by Crippen LogP contribution is 2.25. The average molecular weight is 435 g/mol. The van der Waals surface area contributed by atoms with Gasteiger partial charge in [-0.05, 0) is 18.2 Å². The van der Waals surface area contributed by atoms with Crippen molar-refractivity contribution in [3.63, 3.8) is 0 Å². The zero-order chi connectivity index (χ0) is 22.6. The molecule has 2 aromatic carbocycles. The number of benzene rings is 2. The number of fused-ring (bicyclic) bond motifs is 1. The predicted octanol–water partition coefficient (Wildman–Crippen LogP) is 1.79. The molecule has 12 heteroatoms. The minimum absolute atomic E-state index is 0.0158. The zero-order valence-corrected chi connectivity index (χ0v) is 15.8. The maximum atomic E-state index is 12.3. The van der Waals surface area contributed by atoms with E-state index < -0.39 is 36.4 Å². The Kier molecular flexibility index (Phi) is 6.09. The molecule has 3 amide bonds. The highest BCUT2D eigenvalue weighted by atomic mass is 19.4. The highest BCUT2D eigenvalue weighted by Gasteiger charge is 2.31. The van der Waals surface area contributed by atoms with E-state index in [0.717, 1.165) is 12.1 Å². The van der Waals surface area contributed by atoms with E-state index in [-0.39, 0.29) is 17.9 Å². The fraction of sp³-hybridized carbons (Fsp3) is 0.158. The number of aromatic nitrogens is 2. The predicted molar refractivity (Wildman–Crippen MR) is 103 cm³/mol. The number of halogens is 3. The first-order chi connectivity index (χ1) is 14.6. The smallest absolute Gasteiger partial charge is 0.406 e. The summed E-state index contributed by atoms with van der Waals surface area (Å²) in [5.41, 5.74) is 5.89. The standard InChI is InChI=1S/C19H16F3N5O4/c20-19(21,22)31-12-5-3-4-11(8-12)25-15(28)9-24-16(29)10-27-14-7-2-1-6-13(14)17(26-27)18(23)30/h1-8H,9-10H2,(H2,23,30)(H,24,29)(H,25,28). The molecular formula is C19H16F3N5O4. The Morgan fingerprint density at radius 1 is 1.06 bits per heavy atom. The molecule has 31 heavy (non-hydrogen) atoms. The van der Waals surface area contributed by atoms with Gasteiger partial charge in [-0.3, -0.25) is 19.1 Å². The van der Waals surface area contributed by atoms with E-state index in [1.165, 1.54) is 16.8 Å². The van der Waals surface area contributed by atoms with Gasteiger partial charge < -0.3 is 21.1 Å². The van der Waals surface area contributed by atoms with Crippen LogP contribution in [0.4, 0.5) is 18.9 Å². The average Bonchev–Trinajstić information content (AvgIpc) is 3.04. The number of amides is 3. The number of rotatable bonds is 7. The van der Waals surface area contributed by atoms with E-state index in [9.17, 15) is 27.6 Å². The lowest BCUT2D eigenvalue weighted by Gasteiger charge is -2.11. The maximum absolute atomic E-state index is 12.3. The van der Waals surface area contributed by atoms with E-state index in [1.54, 1.807) is 24.3 Å². The Morgan fingerprint density at radius 3 is 2.52 bits per heavy atom. The van der Waals surface area contributed by atoms with Crippen molar-refractivity contribution in [3.8, 4) is 5.75 Å². The molecule has 0 saturated heterocycles. The lowest BCUT2D eigenvalue weighted by molar-refractivity contribution is -0.274. The topological polar surface area (TPSA) is 128 Å². The molecule has 162 valence electrons. The van der Waals surface area contributed by atoms with Crippen molar-refractivity contribution in [3.05, 3.63) is 54.2 Å². The first kappa shape index (κ1) is 21.6. The first-order valence-corrected chi connectivity index (χ1v) is 8.80. The van der Waals surface area contributed by atoms with E-state index >= 15 is 0 Å². The van der Waals surface area contributed by atoms with E-state index in [0.29, 0.717) is 10.9 Å². The van der Waals surface area contributed by atoms with Crippen LogP contribution >= 0.6 is 0 Å². The van der Waals surface area contributed by atoms with Crippen molar-refractivity contribution in [2.75, 3.05) is 11.9 Å². The molecule has 9 nitrogen and oxygen atoms in total. The van der Waals surface area contributed by atoms with Crippen LogP contribution in [0.3, 0.4) is 0 Å². The Balaban J connectivity index is 1.58. The van der Waals surface area contributed by atoms with Crippen LogP contribution in [0, 0.1) is 0 Å². The van der Waals surface area contributed by atoms with E-state index in [4.69, 9.17) is 5.73 Å². The summed E-state index contributed by atoms with van der Waals surface area (Å²) in [6.45, 7) is -0.721. The van der Waals surface area contributed by atoms with Crippen LogP contribution < -0.4 is 21.1 Å². The molecule has 0 atom stereocenters. The van der Waals surface area contributed by atoms with Crippen molar-refractivity contribution in [1.82, 2.24) is 15.1 Å². The summed E-state index contributed by atoms with van der Waals surface area (Å²) in [4.78, 5) is 35.7. The van der Waals surface area contributed by atoms with Crippen LogP contribution in [0.1, 0.15) is 10.5 Å². The maximum Gasteiger partial charge on any atom is 0.573 e. The minimum atomic E-state index is -4.86. The Morgan fingerprint density at radius 2 is 1.81 bits per heavy atom. The number of primary amides is 1. The number of ether oxygens (including phenoxy) is 1. The van der Waals surface area contributed by atoms with Crippen molar-refractivity contribution in [1.29, 1.82) is 0 Å². The fourth-order valence-electron chi connectivity index (χ4n) is 2.78. The summed E-state index contributed by atoms with van der Waals surface area (Å²) in [5, 5.41) is 9.24. The number of para-hydroxylation sites is 1. The van der Waals surface area contributed by atoms with Gasteiger partial charge in [-0.25, -0.2) is 0 Å². The summed E-state index contributed by atoms with van der Waals surface area (Å²) >= 11 is 0. The lowest BCUT2D eigenvalue weighted by Crippen LogP contribution is -2.35. The molecule has 0 spiro atoms. The van der Waals surface area contributed by atoms with Gasteiger partial charge in [0.2, 0.25) is 11.8 Å². The van der Waals surface area contributed by atoms with Gasteiger partial charge in [-0.1, -0.05) is 24.3 Å². The monoisotopic (exact) mass is 435 g/mol. The third-order valence-corrected chi connectivity index (χ3v) is 3.98. The summed E-state index contributed by atoms with van der Waals surface area (Å²) in [6, 6.07) is 11.4. The van der Waals surface area contributed by atoms with Gasteiger partial charge >= 0.3 is 6.36 Å². The van der Waals surface area contributed by atoms with Gasteiger partial charge in [0.15, 0.2) is 5.69 Å². The van der Waals surface area contributed by atoms with Gasteiger partial charge in [-0.2, -0.15) is 5.10 Å². The molecule has 4 N–H and O–H groups in total. The van der Waals surface area contributed by atoms with Crippen LogP contribution in [0.5, 0.6) is 5.75 Å². The summed E-state index contributed by atoms with van der Waals surface area (Å²) in [6.07, 6.45) is -4.86.